The van der Waals surface area contributed by atoms with Crippen molar-refractivity contribution in [1.29, 1.82) is 0 Å². The van der Waals surface area contributed by atoms with Crippen molar-refractivity contribution in [2.75, 3.05) is 0 Å². The Hall–Kier alpha value is -0.550. The summed E-state index contributed by atoms with van der Waals surface area (Å²) in [6, 6.07) is 11.7. The van der Waals surface area contributed by atoms with Crippen LogP contribution in [0.3, 0.4) is 0 Å². The lowest BCUT2D eigenvalue weighted by Gasteiger charge is -2.12. The van der Waals surface area contributed by atoms with Crippen molar-refractivity contribution in [2.24, 2.45) is 0 Å². The van der Waals surface area contributed by atoms with Crippen molar-refractivity contribution in [1.82, 2.24) is 9.55 Å². The molecule has 0 saturated carbocycles. The van der Waals surface area contributed by atoms with Crippen molar-refractivity contribution in [2.45, 2.75) is 12.3 Å². The van der Waals surface area contributed by atoms with E-state index in [0.29, 0.717) is 5.02 Å². The number of alkyl halides is 1. The second-order valence-corrected chi connectivity index (χ2v) is 7.54. The number of hydrogen-bond donors (Lipinski definition) is 0. The van der Waals surface area contributed by atoms with Gasteiger partial charge in [-0.3, -0.25) is 4.57 Å². The van der Waals surface area contributed by atoms with Gasteiger partial charge in [0.15, 0.2) is 0 Å². The topological polar surface area (TPSA) is 17.8 Å². The molecule has 108 valence electrons. The Morgan fingerprint density at radius 2 is 1.76 bits per heavy atom. The Morgan fingerprint density at radius 1 is 1.10 bits per heavy atom. The van der Waals surface area contributed by atoms with E-state index < -0.39 is 0 Å². The van der Waals surface area contributed by atoms with Crippen LogP contribution in [0.2, 0.25) is 5.02 Å². The third-order valence-corrected chi connectivity index (χ3v) is 4.63. The highest BCUT2D eigenvalue weighted by Crippen LogP contribution is 2.33. The number of benzene rings is 2. The Balaban J connectivity index is 2.38. The van der Waals surface area contributed by atoms with Gasteiger partial charge >= 0.3 is 0 Å². The number of halogens is 4. The molecule has 0 radical (unpaired) electrons. The Morgan fingerprint density at radius 3 is 2.43 bits per heavy atom. The molecule has 0 amide bonds. The number of fused-ring (bicyclic) bond motifs is 1. The quantitative estimate of drug-likeness (QED) is 0.409. The molecule has 0 aliphatic carbocycles. The number of hydrogen-bond acceptors (Lipinski definition) is 1. The van der Waals surface area contributed by atoms with Gasteiger partial charge in [0.2, 0.25) is 0 Å². The lowest BCUT2D eigenvalue weighted by molar-refractivity contribution is 0.882. The Bertz CT molecular complexity index is 828. The van der Waals surface area contributed by atoms with Crippen LogP contribution < -0.4 is 0 Å². The first-order valence-corrected chi connectivity index (χ1v) is 8.65. The van der Waals surface area contributed by atoms with Crippen LogP contribution in [0.1, 0.15) is 18.1 Å². The maximum absolute atomic E-state index is 6.40. The van der Waals surface area contributed by atoms with Crippen molar-refractivity contribution >= 4 is 66.1 Å². The highest BCUT2D eigenvalue weighted by Gasteiger charge is 2.18. The lowest BCUT2D eigenvalue weighted by Crippen LogP contribution is -2.02. The minimum absolute atomic E-state index is 0.226. The van der Waals surface area contributed by atoms with Crippen molar-refractivity contribution in [3.8, 4) is 5.69 Å². The predicted octanol–water partition coefficient (Wildman–Crippen LogP) is 6.50. The molecule has 2 nitrogen and oxygen atoms in total. The van der Waals surface area contributed by atoms with Crippen LogP contribution in [-0.4, -0.2) is 9.55 Å². The zero-order valence-electron chi connectivity index (χ0n) is 10.9. The molecule has 3 rings (SSSR count). The molecule has 2 aromatic carbocycles. The van der Waals surface area contributed by atoms with Crippen LogP contribution in [-0.2, 0) is 0 Å². The summed E-state index contributed by atoms with van der Waals surface area (Å²) in [4.78, 5) is 4.63. The van der Waals surface area contributed by atoms with Gasteiger partial charge in [-0.25, -0.2) is 4.98 Å². The predicted molar refractivity (Wildman–Crippen MR) is 95.7 cm³/mol. The third-order valence-electron chi connectivity index (χ3n) is 3.15. The molecule has 0 bridgehead atoms. The molecular weight excluding hydrogens is 439 g/mol. The first-order valence-electron chi connectivity index (χ1n) is 6.25. The van der Waals surface area contributed by atoms with E-state index in [-0.39, 0.29) is 5.38 Å². The maximum Gasteiger partial charge on any atom is 0.132 e. The molecule has 0 fully saturated rings. The first-order chi connectivity index (χ1) is 9.97. The molecule has 1 aromatic heterocycles. The molecule has 1 atom stereocenters. The van der Waals surface area contributed by atoms with Gasteiger partial charge in [0, 0.05) is 8.95 Å². The monoisotopic (exact) mass is 446 g/mol. The largest absolute Gasteiger partial charge is 0.294 e. The molecule has 1 heterocycles. The molecule has 0 N–H and O–H groups in total. The highest BCUT2D eigenvalue weighted by atomic mass is 79.9. The third kappa shape index (κ3) is 2.87. The van der Waals surface area contributed by atoms with Crippen LogP contribution in [0.15, 0.2) is 45.3 Å². The van der Waals surface area contributed by atoms with Crippen LogP contribution in [0.4, 0.5) is 0 Å². The summed E-state index contributed by atoms with van der Waals surface area (Å²) in [5.74, 6) is 0.772. The Kier molecular flexibility index (Phi) is 4.33. The summed E-state index contributed by atoms with van der Waals surface area (Å²) >= 11 is 19.6. The van der Waals surface area contributed by atoms with E-state index in [1.807, 2.05) is 47.9 Å². The van der Waals surface area contributed by atoms with Crippen molar-refractivity contribution < 1.29 is 0 Å². The average Bonchev–Trinajstić information content (AvgIpc) is 2.77. The fourth-order valence-corrected chi connectivity index (χ4v) is 3.50. The summed E-state index contributed by atoms with van der Waals surface area (Å²) in [6.07, 6.45) is 0. The lowest BCUT2D eigenvalue weighted by atomic mass is 10.2. The minimum Gasteiger partial charge on any atom is -0.294 e. The van der Waals surface area contributed by atoms with E-state index in [1.54, 1.807) is 0 Å². The van der Waals surface area contributed by atoms with E-state index in [1.165, 1.54) is 0 Å². The van der Waals surface area contributed by atoms with Crippen LogP contribution in [0, 0.1) is 0 Å². The second-order valence-electron chi connectivity index (χ2n) is 4.65. The van der Waals surface area contributed by atoms with Gasteiger partial charge in [-0.15, -0.1) is 11.6 Å². The molecule has 0 aliphatic heterocycles. The van der Waals surface area contributed by atoms with E-state index in [4.69, 9.17) is 23.2 Å². The molecule has 0 spiro atoms. The standard InChI is InChI=1S/C15H10Br2Cl2N2/c1-8(18)15-20-12-4-2-10(17)7-14(12)21(15)13-5-3-9(16)6-11(13)19/h2-8H,1H3. The SMILES string of the molecule is CC(Cl)c1nc2ccc(Br)cc2n1-c1ccc(Br)cc1Cl. The summed E-state index contributed by atoms with van der Waals surface area (Å²) < 4.78 is 3.92. The van der Waals surface area contributed by atoms with E-state index in [9.17, 15) is 0 Å². The van der Waals surface area contributed by atoms with Gasteiger partial charge < -0.3 is 0 Å². The molecule has 6 heteroatoms. The van der Waals surface area contributed by atoms with E-state index in [0.717, 1.165) is 31.5 Å². The van der Waals surface area contributed by atoms with Crippen LogP contribution >= 0.6 is 55.1 Å². The molecule has 1 unspecified atom stereocenters. The minimum atomic E-state index is -0.226. The normalized spacial score (nSPS) is 12.8. The average molecular weight is 449 g/mol. The molecule has 3 aromatic rings. The van der Waals surface area contributed by atoms with E-state index >= 15 is 0 Å². The zero-order chi connectivity index (χ0) is 15.1. The maximum atomic E-state index is 6.40. The number of aromatic nitrogens is 2. The fourth-order valence-electron chi connectivity index (χ4n) is 2.25. The van der Waals surface area contributed by atoms with E-state index in [2.05, 4.69) is 36.8 Å². The summed E-state index contributed by atoms with van der Waals surface area (Å²) in [5.41, 5.74) is 2.72. The van der Waals surface area contributed by atoms with Gasteiger partial charge in [-0.05, 0) is 43.3 Å². The van der Waals surface area contributed by atoms with Gasteiger partial charge in [0.1, 0.15) is 5.82 Å². The van der Waals surface area contributed by atoms with Gasteiger partial charge in [0.05, 0.1) is 27.1 Å². The van der Waals surface area contributed by atoms with Crippen LogP contribution in [0.5, 0.6) is 0 Å². The Labute approximate surface area is 149 Å². The molecule has 0 aliphatic rings. The molecular formula is C15H10Br2Cl2N2. The summed E-state index contributed by atoms with van der Waals surface area (Å²) in [5, 5.41) is 0.415. The second kappa shape index (κ2) is 5.92. The van der Waals surface area contributed by atoms with Gasteiger partial charge in [-0.1, -0.05) is 43.5 Å². The van der Waals surface area contributed by atoms with Crippen LogP contribution in [0.25, 0.3) is 16.7 Å². The number of rotatable bonds is 2. The smallest absolute Gasteiger partial charge is 0.132 e. The summed E-state index contributed by atoms with van der Waals surface area (Å²) in [6.45, 7) is 1.90. The number of nitrogens with zero attached hydrogens (tertiary/aromatic N) is 2. The molecule has 0 saturated heterocycles. The first kappa shape index (κ1) is 15.3. The van der Waals surface area contributed by atoms with Gasteiger partial charge in [-0.2, -0.15) is 0 Å². The van der Waals surface area contributed by atoms with Crippen molar-refractivity contribution in [3.63, 3.8) is 0 Å². The zero-order valence-corrected chi connectivity index (χ0v) is 15.6. The molecule has 21 heavy (non-hydrogen) atoms. The van der Waals surface area contributed by atoms with Gasteiger partial charge in [0.25, 0.3) is 0 Å². The number of imidazole rings is 1. The van der Waals surface area contributed by atoms with Crippen molar-refractivity contribution in [3.05, 3.63) is 56.2 Å². The fraction of sp³-hybridized carbons (Fsp3) is 0.133. The highest BCUT2D eigenvalue weighted by molar-refractivity contribution is 9.10. The summed E-state index contributed by atoms with van der Waals surface area (Å²) in [7, 11) is 0.